The minimum absolute atomic E-state index is 0. The van der Waals surface area contributed by atoms with Crippen molar-refractivity contribution in [3.05, 3.63) is 59.6 Å². The van der Waals surface area contributed by atoms with Crippen molar-refractivity contribution < 1.29 is 5.11 Å². The van der Waals surface area contributed by atoms with Crippen LogP contribution in [0.2, 0.25) is 5.02 Å². The van der Waals surface area contributed by atoms with Gasteiger partial charge in [-0.3, -0.25) is 0 Å². The average molecular weight is 401 g/mol. The molecule has 1 heterocycles. The monoisotopic (exact) mass is 399 g/mol. The van der Waals surface area contributed by atoms with Crippen LogP contribution in [0.4, 0.5) is 5.69 Å². The first-order chi connectivity index (χ1) is 11.2. The van der Waals surface area contributed by atoms with Gasteiger partial charge in [0.1, 0.15) is 0 Å². The number of para-hydroxylation sites is 1. The molecule has 0 saturated carbocycles. The second kappa shape index (κ2) is 9.80. The lowest BCUT2D eigenvalue weighted by molar-refractivity contribution is 0.196. The van der Waals surface area contributed by atoms with Crippen LogP contribution in [0.15, 0.2) is 54.6 Å². The van der Waals surface area contributed by atoms with Crippen molar-refractivity contribution in [1.82, 2.24) is 4.98 Å². The molecule has 0 unspecified atom stereocenters. The summed E-state index contributed by atoms with van der Waals surface area (Å²) in [5.41, 5.74) is 9.13. The lowest BCUT2D eigenvalue weighted by atomic mass is 10.1. The Morgan fingerprint density at radius 3 is 2.44 bits per heavy atom. The van der Waals surface area contributed by atoms with Gasteiger partial charge in [0.15, 0.2) is 0 Å². The SMILES string of the molecule is Cl.Cl.NC[C@H](O)CNc1cc(-c2ccc(Cl)cc2)nc2ccccc12. The van der Waals surface area contributed by atoms with E-state index in [-0.39, 0.29) is 31.4 Å². The van der Waals surface area contributed by atoms with Crippen molar-refractivity contribution >= 4 is 53.0 Å². The molecule has 0 fully saturated rings. The zero-order chi connectivity index (χ0) is 16.2. The fourth-order valence-corrected chi connectivity index (χ4v) is 2.53. The molecule has 0 saturated heterocycles. The molecule has 0 amide bonds. The van der Waals surface area contributed by atoms with Crippen LogP contribution in [0.1, 0.15) is 0 Å². The Balaban J connectivity index is 0.00000156. The van der Waals surface area contributed by atoms with Crippen molar-refractivity contribution in [3.8, 4) is 11.3 Å². The first kappa shape index (κ1) is 21.5. The summed E-state index contributed by atoms with van der Waals surface area (Å²) in [6.07, 6.45) is -0.582. The molecule has 0 spiro atoms. The van der Waals surface area contributed by atoms with E-state index in [9.17, 15) is 5.11 Å². The maximum absolute atomic E-state index is 9.69. The van der Waals surface area contributed by atoms with Gasteiger partial charge in [0.05, 0.1) is 17.3 Å². The van der Waals surface area contributed by atoms with E-state index in [4.69, 9.17) is 22.3 Å². The minimum Gasteiger partial charge on any atom is -0.390 e. The molecule has 0 aliphatic heterocycles. The first-order valence-corrected chi connectivity index (χ1v) is 7.83. The average Bonchev–Trinajstić information content (AvgIpc) is 2.59. The number of aliphatic hydroxyl groups excluding tert-OH is 1. The Labute approximate surface area is 164 Å². The van der Waals surface area contributed by atoms with Crippen LogP contribution in [-0.2, 0) is 0 Å². The molecule has 1 atom stereocenters. The second-order valence-electron chi connectivity index (χ2n) is 5.35. The number of hydrogen-bond donors (Lipinski definition) is 3. The van der Waals surface area contributed by atoms with Crippen LogP contribution in [0.3, 0.4) is 0 Å². The smallest absolute Gasteiger partial charge is 0.0834 e. The maximum atomic E-state index is 9.69. The van der Waals surface area contributed by atoms with E-state index in [1.165, 1.54) is 0 Å². The molecule has 4 N–H and O–H groups in total. The summed E-state index contributed by atoms with van der Waals surface area (Å²) < 4.78 is 0. The van der Waals surface area contributed by atoms with E-state index >= 15 is 0 Å². The zero-order valence-electron chi connectivity index (χ0n) is 13.4. The number of nitrogens with one attached hydrogen (secondary N) is 1. The number of fused-ring (bicyclic) bond motifs is 1. The maximum Gasteiger partial charge on any atom is 0.0834 e. The number of benzene rings is 2. The third-order valence-corrected chi connectivity index (χ3v) is 3.91. The predicted octanol–water partition coefficient (Wildman–Crippen LogP) is 4.13. The molecule has 2 aromatic carbocycles. The summed E-state index contributed by atoms with van der Waals surface area (Å²) in [4.78, 5) is 4.71. The molecule has 134 valence electrons. The second-order valence-corrected chi connectivity index (χ2v) is 5.79. The van der Waals surface area contributed by atoms with Crippen molar-refractivity contribution in [1.29, 1.82) is 0 Å². The van der Waals surface area contributed by atoms with Crippen molar-refractivity contribution in [2.24, 2.45) is 5.73 Å². The summed E-state index contributed by atoms with van der Waals surface area (Å²) >= 11 is 5.95. The van der Waals surface area contributed by atoms with Crippen molar-refractivity contribution in [3.63, 3.8) is 0 Å². The highest BCUT2D eigenvalue weighted by Crippen LogP contribution is 2.28. The Kier molecular flexibility index (Phi) is 8.42. The van der Waals surface area contributed by atoms with Crippen LogP contribution in [0, 0.1) is 0 Å². The number of pyridine rings is 1. The summed E-state index contributed by atoms with van der Waals surface area (Å²) in [5.74, 6) is 0. The molecule has 1 aromatic heterocycles. The topological polar surface area (TPSA) is 71.2 Å². The van der Waals surface area contributed by atoms with Crippen LogP contribution in [0.5, 0.6) is 0 Å². The van der Waals surface area contributed by atoms with Gasteiger partial charge in [-0.1, -0.05) is 41.9 Å². The number of halogens is 3. The van der Waals surface area contributed by atoms with E-state index < -0.39 is 6.10 Å². The van der Waals surface area contributed by atoms with E-state index in [1.54, 1.807) is 0 Å². The van der Waals surface area contributed by atoms with Gasteiger partial charge in [-0.05, 0) is 24.3 Å². The number of rotatable bonds is 5. The number of aliphatic hydroxyl groups is 1. The van der Waals surface area contributed by atoms with Crippen LogP contribution < -0.4 is 11.1 Å². The Hall–Kier alpha value is -1.56. The highest BCUT2D eigenvalue weighted by molar-refractivity contribution is 6.30. The molecule has 0 aliphatic rings. The summed E-state index contributed by atoms with van der Waals surface area (Å²) in [7, 11) is 0. The van der Waals surface area contributed by atoms with Crippen LogP contribution >= 0.6 is 36.4 Å². The van der Waals surface area contributed by atoms with Gasteiger partial charge < -0.3 is 16.2 Å². The Morgan fingerprint density at radius 2 is 1.76 bits per heavy atom. The minimum atomic E-state index is -0.582. The van der Waals surface area contributed by atoms with E-state index in [0.717, 1.165) is 27.8 Å². The number of nitrogens with zero attached hydrogens (tertiary/aromatic N) is 1. The summed E-state index contributed by atoms with van der Waals surface area (Å²) in [5, 5.41) is 14.7. The van der Waals surface area contributed by atoms with Gasteiger partial charge in [-0.15, -0.1) is 24.8 Å². The van der Waals surface area contributed by atoms with Gasteiger partial charge in [0, 0.05) is 34.7 Å². The number of hydrogen-bond acceptors (Lipinski definition) is 4. The summed E-state index contributed by atoms with van der Waals surface area (Å²) in [6.45, 7) is 0.616. The quantitative estimate of drug-likeness (QED) is 0.602. The van der Waals surface area contributed by atoms with Gasteiger partial charge in [-0.2, -0.15) is 0 Å². The molecular formula is C18H20Cl3N3O. The van der Waals surface area contributed by atoms with Crippen molar-refractivity contribution in [2.75, 3.05) is 18.4 Å². The normalized spacial score (nSPS) is 11.3. The lowest BCUT2D eigenvalue weighted by Crippen LogP contribution is -2.27. The van der Waals surface area contributed by atoms with Gasteiger partial charge >= 0.3 is 0 Å². The highest BCUT2D eigenvalue weighted by Gasteiger charge is 2.09. The first-order valence-electron chi connectivity index (χ1n) is 7.45. The molecule has 7 heteroatoms. The van der Waals surface area contributed by atoms with Crippen molar-refractivity contribution in [2.45, 2.75) is 6.10 Å². The fourth-order valence-electron chi connectivity index (χ4n) is 2.40. The lowest BCUT2D eigenvalue weighted by Gasteiger charge is -2.14. The van der Waals surface area contributed by atoms with E-state index in [2.05, 4.69) is 5.32 Å². The largest absolute Gasteiger partial charge is 0.390 e. The molecular weight excluding hydrogens is 381 g/mol. The molecule has 0 bridgehead atoms. The Morgan fingerprint density at radius 1 is 1.08 bits per heavy atom. The van der Waals surface area contributed by atoms with Gasteiger partial charge in [0.2, 0.25) is 0 Å². The van der Waals surface area contributed by atoms with Crippen LogP contribution in [0.25, 0.3) is 22.2 Å². The van der Waals surface area contributed by atoms with Gasteiger partial charge in [0.25, 0.3) is 0 Å². The molecule has 25 heavy (non-hydrogen) atoms. The molecule has 0 radical (unpaired) electrons. The standard InChI is InChI=1S/C18H18ClN3O.2ClH/c19-13-7-5-12(6-8-13)17-9-18(21-11-14(23)10-20)15-3-1-2-4-16(15)22-17;;/h1-9,14,23H,10-11,20H2,(H,21,22);2*1H/t14-;;/m0../s1. The van der Waals surface area contributed by atoms with Gasteiger partial charge in [-0.25, -0.2) is 4.98 Å². The van der Waals surface area contributed by atoms with Crippen LogP contribution in [-0.4, -0.2) is 29.3 Å². The molecule has 0 aliphatic carbocycles. The third kappa shape index (κ3) is 5.21. The Bertz CT molecular complexity index is 812. The third-order valence-electron chi connectivity index (χ3n) is 3.66. The fraction of sp³-hybridized carbons (Fsp3) is 0.167. The number of nitrogens with two attached hydrogens (primary N) is 1. The predicted molar refractivity (Wildman–Crippen MR) is 110 cm³/mol. The molecule has 4 nitrogen and oxygen atoms in total. The number of aromatic nitrogens is 1. The van der Waals surface area contributed by atoms with E-state index in [0.29, 0.717) is 11.6 Å². The highest BCUT2D eigenvalue weighted by atomic mass is 35.5. The van der Waals surface area contributed by atoms with E-state index in [1.807, 2.05) is 54.6 Å². The zero-order valence-corrected chi connectivity index (χ0v) is 15.7. The molecule has 3 rings (SSSR count). The number of anilines is 1. The summed E-state index contributed by atoms with van der Waals surface area (Å²) in [6, 6.07) is 17.5. The molecule has 3 aromatic rings.